The lowest BCUT2D eigenvalue weighted by molar-refractivity contribution is -0.385. The number of rotatable bonds is 6. The van der Waals surface area contributed by atoms with E-state index in [1.54, 1.807) is 11.0 Å². The first kappa shape index (κ1) is 14.4. The Morgan fingerprint density at radius 3 is 2.74 bits per heavy atom. The number of hydrogen-bond donors (Lipinski definition) is 1. The summed E-state index contributed by atoms with van der Waals surface area (Å²) in [5, 5.41) is 28.4. The van der Waals surface area contributed by atoms with Crippen molar-refractivity contribution in [2.75, 3.05) is 18.0 Å². The van der Waals surface area contributed by atoms with Gasteiger partial charge >= 0.3 is 5.97 Å². The van der Waals surface area contributed by atoms with Gasteiger partial charge in [-0.1, -0.05) is 6.92 Å². The molecule has 0 fully saturated rings. The van der Waals surface area contributed by atoms with Crippen molar-refractivity contribution in [2.24, 2.45) is 0 Å². The Kier molecular flexibility index (Phi) is 4.83. The molecule has 0 amide bonds. The number of carboxylic acids is 1. The summed E-state index contributed by atoms with van der Waals surface area (Å²) in [7, 11) is 0. The van der Waals surface area contributed by atoms with Crippen LogP contribution in [0.2, 0.25) is 0 Å². The standard InChI is InChI=1S/C12H13N3O4/c1-2-5-14(8-12(16)17)10-3-4-11(15(18)19)9(6-10)7-13/h3-4,6H,2,5,8H2,1H3,(H,16,17). The van der Waals surface area contributed by atoms with Crippen LogP contribution in [0.5, 0.6) is 0 Å². The summed E-state index contributed by atoms with van der Waals surface area (Å²) >= 11 is 0. The van der Waals surface area contributed by atoms with Gasteiger partial charge in [0.1, 0.15) is 18.2 Å². The Balaban J connectivity index is 3.15. The van der Waals surface area contributed by atoms with Gasteiger partial charge in [-0.3, -0.25) is 14.9 Å². The first-order valence-electron chi connectivity index (χ1n) is 5.64. The van der Waals surface area contributed by atoms with Crippen LogP contribution in [-0.2, 0) is 4.79 Å². The van der Waals surface area contributed by atoms with Crippen LogP contribution in [0.1, 0.15) is 18.9 Å². The van der Waals surface area contributed by atoms with Gasteiger partial charge in [0.15, 0.2) is 0 Å². The summed E-state index contributed by atoms with van der Waals surface area (Å²) in [6.45, 7) is 2.18. The molecular weight excluding hydrogens is 250 g/mol. The zero-order chi connectivity index (χ0) is 14.4. The van der Waals surface area contributed by atoms with E-state index >= 15 is 0 Å². The van der Waals surface area contributed by atoms with Gasteiger partial charge in [-0.15, -0.1) is 0 Å². The minimum Gasteiger partial charge on any atom is -0.480 e. The van der Waals surface area contributed by atoms with Crippen molar-refractivity contribution in [3.8, 4) is 6.07 Å². The zero-order valence-corrected chi connectivity index (χ0v) is 10.4. The molecule has 100 valence electrons. The maximum atomic E-state index is 10.8. The number of benzene rings is 1. The van der Waals surface area contributed by atoms with Gasteiger partial charge in [0.05, 0.1) is 4.92 Å². The predicted octanol–water partition coefficient (Wildman–Crippen LogP) is 1.77. The fourth-order valence-corrected chi connectivity index (χ4v) is 1.70. The van der Waals surface area contributed by atoms with Crippen LogP contribution < -0.4 is 4.90 Å². The van der Waals surface area contributed by atoms with Crippen LogP contribution in [0.4, 0.5) is 11.4 Å². The van der Waals surface area contributed by atoms with E-state index in [1.807, 2.05) is 6.92 Å². The van der Waals surface area contributed by atoms with Crippen LogP contribution in [0, 0.1) is 21.4 Å². The van der Waals surface area contributed by atoms with E-state index in [9.17, 15) is 14.9 Å². The number of nitriles is 1. The molecule has 0 aliphatic heterocycles. The van der Waals surface area contributed by atoms with E-state index < -0.39 is 10.9 Å². The van der Waals surface area contributed by atoms with Crippen molar-refractivity contribution in [1.82, 2.24) is 0 Å². The maximum absolute atomic E-state index is 10.8. The molecule has 0 atom stereocenters. The molecule has 0 radical (unpaired) electrons. The fraction of sp³-hybridized carbons (Fsp3) is 0.333. The number of aliphatic carboxylic acids is 1. The third kappa shape index (κ3) is 3.67. The number of nitrogens with zero attached hydrogens (tertiary/aromatic N) is 3. The second-order valence-electron chi connectivity index (χ2n) is 3.89. The normalized spacial score (nSPS) is 9.68. The number of nitro groups is 1. The summed E-state index contributed by atoms with van der Waals surface area (Å²) < 4.78 is 0. The molecule has 19 heavy (non-hydrogen) atoms. The highest BCUT2D eigenvalue weighted by molar-refractivity contribution is 5.74. The van der Waals surface area contributed by atoms with Gasteiger partial charge < -0.3 is 10.0 Å². The van der Waals surface area contributed by atoms with Gasteiger partial charge in [-0.25, -0.2) is 0 Å². The van der Waals surface area contributed by atoms with Gasteiger partial charge in [-0.05, 0) is 18.6 Å². The molecule has 0 aromatic heterocycles. The summed E-state index contributed by atoms with van der Waals surface area (Å²) in [6, 6.07) is 5.77. The van der Waals surface area contributed by atoms with Crippen molar-refractivity contribution in [1.29, 1.82) is 5.26 Å². The van der Waals surface area contributed by atoms with Gasteiger partial charge in [0.2, 0.25) is 0 Å². The molecule has 0 heterocycles. The largest absolute Gasteiger partial charge is 0.480 e. The lowest BCUT2D eigenvalue weighted by Crippen LogP contribution is -2.30. The summed E-state index contributed by atoms with van der Waals surface area (Å²) in [4.78, 5) is 22.4. The fourth-order valence-electron chi connectivity index (χ4n) is 1.70. The topological polar surface area (TPSA) is 107 Å². The molecule has 0 bridgehead atoms. The maximum Gasteiger partial charge on any atom is 0.323 e. The van der Waals surface area contributed by atoms with E-state index in [2.05, 4.69) is 0 Å². The second kappa shape index (κ2) is 6.35. The van der Waals surface area contributed by atoms with Crippen LogP contribution in [0.15, 0.2) is 18.2 Å². The molecule has 0 aliphatic carbocycles. The average molecular weight is 263 g/mol. The Morgan fingerprint density at radius 2 is 2.26 bits per heavy atom. The Labute approximate surface area is 109 Å². The Hall–Kier alpha value is -2.62. The molecule has 0 aliphatic rings. The number of carbonyl (C=O) groups is 1. The second-order valence-corrected chi connectivity index (χ2v) is 3.89. The monoisotopic (exact) mass is 263 g/mol. The van der Waals surface area contributed by atoms with Gasteiger partial charge in [0.25, 0.3) is 5.69 Å². The summed E-state index contributed by atoms with van der Waals surface area (Å²) in [5.74, 6) is -0.995. The third-order valence-corrected chi connectivity index (χ3v) is 2.48. The summed E-state index contributed by atoms with van der Waals surface area (Å²) in [5.41, 5.74) is 0.137. The van der Waals surface area contributed by atoms with E-state index in [-0.39, 0.29) is 17.8 Å². The zero-order valence-electron chi connectivity index (χ0n) is 10.4. The van der Waals surface area contributed by atoms with E-state index in [0.29, 0.717) is 12.2 Å². The highest BCUT2D eigenvalue weighted by Gasteiger charge is 2.17. The number of nitro benzene ring substituents is 1. The number of hydrogen-bond acceptors (Lipinski definition) is 5. The molecule has 1 N–H and O–H groups in total. The van der Waals surface area contributed by atoms with E-state index in [4.69, 9.17) is 10.4 Å². The van der Waals surface area contributed by atoms with Gasteiger partial charge in [0, 0.05) is 18.3 Å². The minimum atomic E-state index is -0.995. The Bertz CT molecular complexity index is 536. The lowest BCUT2D eigenvalue weighted by atomic mass is 10.1. The van der Waals surface area contributed by atoms with Crippen molar-refractivity contribution in [3.63, 3.8) is 0 Å². The molecule has 7 nitrogen and oxygen atoms in total. The molecule has 1 aromatic rings. The smallest absolute Gasteiger partial charge is 0.323 e. The quantitative estimate of drug-likeness (QED) is 0.619. The molecule has 7 heteroatoms. The lowest BCUT2D eigenvalue weighted by Gasteiger charge is -2.22. The first-order chi connectivity index (χ1) is 8.99. The van der Waals surface area contributed by atoms with Crippen LogP contribution >= 0.6 is 0 Å². The molecule has 0 saturated carbocycles. The van der Waals surface area contributed by atoms with Crippen molar-refractivity contribution in [3.05, 3.63) is 33.9 Å². The molecule has 0 spiro atoms. The van der Waals surface area contributed by atoms with E-state index in [0.717, 1.165) is 6.42 Å². The molecule has 1 rings (SSSR count). The first-order valence-corrected chi connectivity index (χ1v) is 5.64. The molecule has 0 saturated heterocycles. The third-order valence-electron chi connectivity index (χ3n) is 2.48. The average Bonchev–Trinajstić information content (AvgIpc) is 2.36. The van der Waals surface area contributed by atoms with Gasteiger partial charge in [-0.2, -0.15) is 5.26 Å². The molecule has 0 unspecified atom stereocenters. The van der Waals surface area contributed by atoms with Crippen molar-refractivity contribution >= 4 is 17.3 Å². The van der Waals surface area contributed by atoms with Crippen LogP contribution in [0.25, 0.3) is 0 Å². The van der Waals surface area contributed by atoms with Crippen LogP contribution in [-0.4, -0.2) is 29.1 Å². The molecular formula is C12H13N3O4. The number of carboxylic acid groups (broad SMARTS) is 1. The SMILES string of the molecule is CCCN(CC(=O)O)c1ccc([N+](=O)[O-])c(C#N)c1. The highest BCUT2D eigenvalue weighted by atomic mass is 16.6. The van der Waals surface area contributed by atoms with Crippen LogP contribution in [0.3, 0.4) is 0 Å². The number of anilines is 1. The minimum absolute atomic E-state index is 0.0750. The predicted molar refractivity (Wildman–Crippen MR) is 68.0 cm³/mol. The van der Waals surface area contributed by atoms with Crippen molar-refractivity contribution < 1.29 is 14.8 Å². The highest BCUT2D eigenvalue weighted by Crippen LogP contribution is 2.24. The Morgan fingerprint density at radius 1 is 1.58 bits per heavy atom. The summed E-state index contributed by atoms with van der Waals surface area (Å²) in [6.07, 6.45) is 0.728. The molecule has 1 aromatic carbocycles. The van der Waals surface area contributed by atoms with E-state index in [1.165, 1.54) is 18.2 Å². The van der Waals surface area contributed by atoms with Crippen molar-refractivity contribution in [2.45, 2.75) is 13.3 Å².